The number of hydrogen-bond donors (Lipinski definition) is 0. The van der Waals surface area contributed by atoms with Crippen LogP contribution in [0, 0.1) is 0 Å². The Bertz CT molecular complexity index is 291. The van der Waals surface area contributed by atoms with Crippen molar-refractivity contribution in [1.29, 1.82) is 0 Å². The Kier molecular flexibility index (Phi) is 3.38. The van der Waals surface area contributed by atoms with Gasteiger partial charge in [0, 0.05) is 6.20 Å². The van der Waals surface area contributed by atoms with Gasteiger partial charge in [-0.2, -0.15) is 0 Å². The second-order valence-electron chi connectivity index (χ2n) is 5.60. The standard InChI is InChI=1S/C11H22BNOSi/c1-11(2,3)15(5,6)13-9-10(14-4)7-8-12-13/h7-9,12H,1-6H3. The first-order valence-corrected chi connectivity index (χ1v) is 8.43. The number of allylic oxidation sites excluding steroid dienone is 1. The topological polar surface area (TPSA) is 12.5 Å². The molecular formula is C11H22BNOSi. The number of rotatable bonds is 2. The maximum absolute atomic E-state index is 5.28. The molecule has 0 radical (unpaired) electrons. The molecule has 1 aliphatic heterocycles. The van der Waals surface area contributed by atoms with E-state index < -0.39 is 8.24 Å². The Morgan fingerprint density at radius 3 is 2.40 bits per heavy atom. The van der Waals surface area contributed by atoms with Crippen LogP contribution in [0.25, 0.3) is 0 Å². The van der Waals surface area contributed by atoms with Crippen LogP contribution in [-0.2, 0) is 4.74 Å². The fourth-order valence-corrected chi connectivity index (χ4v) is 3.35. The Balaban J connectivity index is 2.91. The van der Waals surface area contributed by atoms with E-state index in [2.05, 4.69) is 50.5 Å². The Labute approximate surface area is 95.3 Å². The van der Waals surface area contributed by atoms with E-state index >= 15 is 0 Å². The molecule has 0 saturated carbocycles. The zero-order chi connectivity index (χ0) is 11.7. The molecule has 0 aromatic carbocycles. The molecule has 1 rings (SSSR count). The molecule has 2 nitrogen and oxygen atoms in total. The average molecular weight is 223 g/mol. The van der Waals surface area contributed by atoms with Gasteiger partial charge in [0.25, 0.3) is 7.41 Å². The predicted molar refractivity (Wildman–Crippen MR) is 70.4 cm³/mol. The van der Waals surface area contributed by atoms with E-state index in [4.69, 9.17) is 4.74 Å². The van der Waals surface area contributed by atoms with Crippen molar-refractivity contribution in [3.63, 3.8) is 0 Å². The van der Waals surface area contributed by atoms with Crippen LogP contribution in [0.15, 0.2) is 24.0 Å². The summed E-state index contributed by atoms with van der Waals surface area (Å²) < 4.78 is 7.76. The highest BCUT2D eigenvalue weighted by atomic mass is 28.3. The molecule has 0 fully saturated rings. The van der Waals surface area contributed by atoms with Gasteiger partial charge in [-0.1, -0.05) is 39.8 Å². The molecule has 0 saturated heterocycles. The molecule has 0 aromatic rings. The lowest BCUT2D eigenvalue weighted by Gasteiger charge is -2.46. The molecule has 0 N–H and O–H groups in total. The van der Waals surface area contributed by atoms with Crippen LogP contribution in [0.5, 0.6) is 0 Å². The molecular weight excluding hydrogens is 201 g/mol. The summed E-state index contributed by atoms with van der Waals surface area (Å²) in [5.74, 6) is 3.14. The van der Waals surface area contributed by atoms with Gasteiger partial charge in [0.1, 0.15) is 14.0 Å². The molecule has 0 atom stereocenters. The van der Waals surface area contributed by atoms with E-state index in [-0.39, 0.29) is 0 Å². The van der Waals surface area contributed by atoms with E-state index in [1.807, 2.05) is 6.08 Å². The summed E-state index contributed by atoms with van der Waals surface area (Å²) in [4.78, 5) is 0. The summed E-state index contributed by atoms with van der Waals surface area (Å²) >= 11 is 0. The average Bonchev–Trinajstić information content (AvgIpc) is 2.16. The fourth-order valence-electron chi connectivity index (χ4n) is 1.47. The minimum atomic E-state index is -1.44. The van der Waals surface area contributed by atoms with Crippen molar-refractivity contribution >= 4 is 15.6 Å². The lowest BCUT2D eigenvalue weighted by Crippen LogP contribution is -2.54. The third-order valence-electron chi connectivity index (χ3n) is 3.66. The normalized spacial score (nSPS) is 17.2. The molecule has 0 spiro atoms. The molecule has 15 heavy (non-hydrogen) atoms. The maximum Gasteiger partial charge on any atom is 0.253 e. The van der Waals surface area contributed by atoms with Crippen LogP contribution < -0.4 is 0 Å². The molecule has 1 aliphatic rings. The SMILES string of the molecule is COC1=CN([Si](C)(C)C(C)(C)C)BC=C1. The van der Waals surface area contributed by atoms with Gasteiger partial charge < -0.3 is 9.21 Å². The van der Waals surface area contributed by atoms with Crippen molar-refractivity contribution in [1.82, 2.24) is 4.48 Å². The van der Waals surface area contributed by atoms with E-state index in [1.165, 1.54) is 0 Å². The first kappa shape index (κ1) is 12.4. The third kappa shape index (κ3) is 2.48. The van der Waals surface area contributed by atoms with Crippen molar-refractivity contribution in [2.75, 3.05) is 7.11 Å². The summed E-state index contributed by atoms with van der Waals surface area (Å²) in [6.45, 7) is 11.8. The number of methoxy groups -OCH3 is 1. The van der Waals surface area contributed by atoms with Crippen LogP contribution >= 0.6 is 0 Å². The van der Waals surface area contributed by atoms with Gasteiger partial charge in [-0.25, -0.2) is 0 Å². The molecule has 0 bridgehead atoms. The smallest absolute Gasteiger partial charge is 0.253 e. The Hall–Kier alpha value is -0.638. The Morgan fingerprint density at radius 1 is 1.33 bits per heavy atom. The van der Waals surface area contributed by atoms with Crippen molar-refractivity contribution in [2.45, 2.75) is 38.9 Å². The summed E-state index contributed by atoms with van der Waals surface area (Å²) in [7, 11) is 1.31. The van der Waals surface area contributed by atoms with E-state index in [0.717, 1.165) is 13.2 Å². The van der Waals surface area contributed by atoms with Crippen LogP contribution in [-0.4, -0.2) is 27.2 Å². The lowest BCUT2D eigenvalue weighted by molar-refractivity contribution is 0.301. The highest BCUT2D eigenvalue weighted by Gasteiger charge is 2.40. The first-order chi connectivity index (χ1) is 6.79. The van der Waals surface area contributed by atoms with Gasteiger partial charge in [-0.3, -0.25) is 0 Å². The van der Waals surface area contributed by atoms with E-state index in [0.29, 0.717) is 5.04 Å². The van der Waals surface area contributed by atoms with Crippen LogP contribution in [0.4, 0.5) is 0 Å². The van der Waals surface area contributed by atoms with Gasteiger partial charge in [0.2, 0.25) is 0 Å². The summed E-state index contributed by atoms with van der Waals surface area (Å²) in [5, 5.41) is 0.369. The molecule has 0 aromatic heterocycles. The largest absolute Gasteiger partial charge is 0.495 e. The van der Waals surface area contributed by atoms with Crippen LogP contribution in [0.1, 0.15) is 20.8 Å². The number of ether oxygens (including phenoxy) is 1. The van der Waals surface area contributed by atoms with E-state index in [1.54, 1.807) is 7.11 Å². The first-order valence-electron chi connectivity index (χ1n) is 5.48. The molecule has 0 unspecified atom stereocenters. The van der Waals surface area contributed by atoms with Gasteiger partial charge in [-0.05, 0) is 11.1 Å². The van der Waals surface area contributed by atoms with Crippen molar-refractivity contribution in [3.05, 3.63) is 24.0 Å². The molecule has 0 amide bonds. The van der Waals surface area contributed by atoms with E-state index in [9.17, 15) is 0 Å². The van der Waals surface area contributed by atoms with Crippen LogP contribution in [0.3, 0.4) is 0 Å². The van der Waals surface area contributed by atoms with Crippen molar-refractivity contribution < 1.29 is 4.74 Å². The fraction of sp³-hybridized carbons (Fsp3) is 0.636. The second kappa shape index (κ2) is 4.08. The van der Waals surface area contributed by atoms with Crippen LogP contribution in [0.2, 0.25) is 18.1 Å². The zero-order valence-electron chi connectivity index (χ0n) is 10.8. The third-order valence-corrected chi connectivity index (χ3v) is 9.08. The second-order valence-corrected chi connectivity index (χ2v) is 10.8. The minimum Gasteiger partial charge on any atom is -0.495 e. The van der Waals surface area contributed by atoms with Gasteiger partial charge in [0.05, 0.1) is 7.11 Å². The van der Waals surface area contributed by atoms with Gasteiger partial charge >= 0.3 is 0 Å². The monoisotopic (exact) mass is 223 g/mol. The molecule has 84 valence electrons. The maximum atomic E-state index is 5.28. The highest BCUT2D eigenvalue weighted by Crippen LogP contribution is 2.38. The summed E-state index contributed by atoms with van der Waals surface area (Å²) in [6, 6.07) is 0. The minimum absolute atomic E-state index is 0.369. The molecule has 1 heterocycles. The Morgan fingerprint density at radius 2 is 1.93 bits per heavy atom. The number of nitrogens with zero attached hydrogens (tertiary/aromatic N) is 1. The zero-order valence-corrected chi connectivity index (χ0v) is 11.8. The number of hydrogen-bond acceptors (Lipinski definition) is 2. The van der Waals surface area contributed by atoms with Gasteiger partial charge in [0.15, 0.2) is 0 Å². The quantitative estimate of drug-likeness (QED) is 0.667. The highest BCUT2D eigenvalue weighted by molar-refractivity contribution is 6.83. The molecule has 0 aliphatic carbocycles. The summed E-state index contributed by atoms with van der Waals surface area (Å²) in [5.41, 5.74) is 0. The van der Waals surface area contributed by atoms with Crippen molar-refractivity contribution in [2.24, 2.45) is 0 Å². The lowest BCUT2D eigenvalue weighted by atomic mass is 9.92. The van der Waals surface area contributed by atoms with Crippen molar-refractivity contribution in [3.8, 4) is 0 Å². The van der Waals surface area contributed by atoms with Gasteiger partial charge in [-0.15, -0.1) is 0 Å². The summed E-state index contributed by atoms with van der Waals surface area (Å²) in [6.07, 6.45) is 4.21. The predicted octanol–water partition coefficient (Wildman–Crippen LogP) is 2.66. The molecule has 4 heteroatoms.